The molecule has 37 heavy (non-hydrogen) atoms. The van der Waals surface area contributed by atoms with Crippen LogP contribution >= 0.6 is 0 Å². The quantitative estimate of drug-likeness (QED) is 0.292. The molecular weight excluding hydrogens is 468 g/mol. The summed E-state index contributed by atoms with van der Waals surface area (Å²) in [5.74, 6) is 2.26. The van der Waals surface area contributed by atoms with Crippen molar-refractivity contribution in [1.82, 2.24) is 30.1 Å². The fourth-order valence-electron chi connectivity index (χ4n) is 4.42. The minimum atomic E-state index is -0.104. The number of fused-ring (bicyclic) bond motifs is 1. The first-order valence-electron chi connectivity index (χ1n) is 12.4. The molecule has 0 spiro atoms. The molecule has 0 aliphatic carbocycles. The molecular formula is C28H30N6O3. The average molecular weight is 499 g/mol. The number of pyridine rings is 1. The van der Waals surface area contributed by atoms with Crippen molar-refractivity contribution >= 4 is 10.9 Å². The van der Waals surface area contributed by atoms with Crippen LogP contribution in [0.2, 0.25) is 0 Å². The highest BCUT2D eigenvalue weighted by molar-refractivity contribution is 5.80. The van der Waals surface area contributed by atoms with Gasteiger partial charge >= 0.3 is 0 Å². The summed E-state index contributed by atoms with van der Waals surface area (Å²) in [5, 5.41) is 13.2. The van der Waals surface area contributed by atoms with Crippen molar-refractivity contribution in [2.45, 2.75) is 39.9 Å². The third-order valence-electron chi connectivity index (χ3n) is 6.25. The van der Waals surface area contributed by atoms with Gasteiger partial charge in [0, 0.05) is 29.6 Å². The lowest BCUT2D eigenvalue weighted by atomic mass is 10.1. The highest BCUT2D eigenvalue weighted by Crippen LogP contribution is 2.20. The lowest BCUT2D eigenvalue weighted by molar-refractivity contribution is 0.247. The lowest BCUT2D eigenvalue weighted by Gasteiger charge is -2.22. The van der Waals surface area contributed by atoms with Gasteiger partial charge < -0.3 is 14.1 Å². The zero-order chi connectivity index (χ0) is 25.6. The van der Waals surface area contributed by atoms with Gasteiger partial charge in [0.15, 0.2) is 5.82 Å². The predicted molar refractivity (Wildman–Crippen MR) is 140 cm³/mol. The van der Waals surface area contributed by atoms with Crippen molar-refractivity contribution in [3.63, 3.8) is 0 Å². The monoisotopic (exact) mass is 498 g/mol. The maximum atomic E-state index is 13.0. The zero-order valence-electron chi connectivity index (χ0n) is 21.1. The van der Waals surface area contributed by atoms with Crippen molar-refractivity contribution in [3.05, 3.63) is 106 Å². The van der Waals surface area contributed by atoms with E-state index in [1.54, 1.807) is 10.9 Å². The van der Waals surface area contributed by atoms with Gasteiger partial charge in [-0.15, -0.1) is 5.10 Å². The van der Waals surface area contributed by atoms with Gasteiger partial charge in [0.1, 0.15) is 18.1 Å². The molecule has 3 heterocycles. The normalized spacial score (nSPS) is 11.4. The average Bonchev–Trinajstić information content (AvgIpc) is 3.56. The number of furan rings is 1. The topological polar surface area (TPSA) is 102 Å². The molecule has 9 nitrogen and oxygen atoms in total. The zero-order valence-corrected chi connectivity index (χ0v) is 21.1. The Labute approximate surface area is 214 Å². The molecule has 0 saturated carbocycles. The summed E-state index contributed by atoms with van der Waals surface area (Å²) >= 11 is 0. The molecule has 9 heteroatoms. The van der Waals surface area contributed by atoms with E-state index in [4.69, 9.17) is 9.15 Å². The number of tetrazole rings is 1. The van der Waals surface area contributed by atoms with E-state index in [1.807, 2.05) is 43.3 Å². The van der Waals surface area contributed by atoms with Gasteiger partial charge in [0.25, 0.3) is 5.56 Å². The summed E-state index contributed by atoms with van der Waals surface area (Å²) in [4.78, 5) is 18.2. The summed E-state index contributed by atoms with van der Waals surface area (Å²) in [6, 6.07) is 19.9. The molecule has 2 aromatic carbocycles. The molecule has 5 rings (SSSR count). The number of aromatic nitrogens is 5. The molecule has 1 N–H and O–H groups in total. The Morgan fingerprint density at radius 3 is 2.81 bits per heavy atom. The van der Waals surface area contributed by atoms with Gasteiger partial charge in [-0.25, -0.2) is 4.68 Å². The van der Waals surface area contributed by atoms with E-state index in [2.05, 4.69) is 56.6 Å². The van der Waals surface area contributed by atoms with Crippen LogP contribution in [0.1, 0.15) is 35.2 Å². The van der Waals surface area contributed by atoms with E-state index >= 15 is 0 Å². The molecule has 0 aliphatic heterocycles. The number of aromatic amines is 1. The second-order valence-corrected chi connectivity index (χ2v) is 9.09. The van der Waals surface area contributed by atoms with Gasteiger partial charge in [0.2, 0.25) is 0 Å². The number of nitrogens with zero attached hydrogens (tertiary/aromatic N) is 5. The van der Waals surface area contributed by atoms with Gasteiger partial charge in [0.05, 0.1) is 19.4 Å². The predicted octanol–water partition coefficient (Wildman–Crippen LogP) is 4.11. The summed E-state index contributed by atoms with van der Waals surface area (Å²) in [6.07, 6.45) is 2.47. The van der Waals surface area contributed by atoms with Crippen molar-refractivity contribution in [2.24, 2.45) is 0 Å². The number of nitrogens with one attached hydrogen (secondary N) is 1. The molecule has 0 bridgehead atoms. The van der Waals surface area contributed by atoms with Crippen LogP contribution in [0.15, 0.2) is 76.1 Å². The third kappa shape index (κ3) is 6.13. The highest BCUT2D eigenvalue weighted by atomic mass is 16.5. The van der Waals surface area contributed by atoms with Crippen LogP contribution in [0.3, 0.4) is 0 Å². The fraction of sp³-hybridized carbons (Fsp3) is 0.286. The Kier molecular flexibility index (Phi) is 7.41. The van der Waals surface area contributed by atoms with Gasteiger partial charge in [-0.3, -0.25) is 9.69 Å². The van der Waals surface area contributed by atoms with E-state index in [1.165, 1.54) is 11.1 Å². The molecule has 0 aliphatic rings. The number of rotatable bonds is 11. The van der Waals surface area contributed by atoms with Gasteiger partial charge in [-0.2, -0.15) is 0 Å². The number of hydrogen-bond donors (Lipinski definition) is 1. The first-order chi connectivity index (χ1) is 18.1. The van der Waals surface area contributed by atoms with E-state index < -0.39 is 0 Å². The Balaban J connectivity index is 1.41. The smallest absolute Gasteiger partial charge is 0.252 e. The number of H-pyrrole nitrogens is 1. The minimum absolute atomic E-state index is 0.104. The van der Waals surface area contributed by atoms with Crippen molar-refractivity contribution < 1.29 is 9.15 Å². The van der Waals surface area contributed by atoms with Crippen LogP contribution in [0.25, 0.3) is 10.9 Å². The van der Waals surface area contributed by atoms with E-state index in [-0.39, 0.29) is 5.56 Å². The Morgan fingerprint density at radius 2 is 2.00 bits per heavy atom. The molecule has 0 amide bonds. The standard InChI is InChI=1S/C28H30N6O3/c1-3-36-24-9-10-26-22(16-24)15-23(28(35)29-26)17-33(12-11-21-7-4-6-20(2)14-21)19-27-30-31-32-34(27)18-25-8-5-13-37-25/h4-10,13-16H,3,11-12,17-19H2,1-2H3,(H,29,35). The molecule has 0 radical (unpaired) electrons. The third-order valence-corrected chi connectivity index (χ3v) is 6.25. The van der Waals surface area contributed by atoms with E-state index in [9.17, 15) is 4.79 Å². The summed E-state index contributed by atoms with van der Waals surface area (Å²) in [6.45, 7) is 6.73. The minimum Gasteiger partial charge on any atom is -0.494 e. The van der Waals surface area contributed by atoms with Crippen molar-refractivity contribution in [1.29, 1.82) is 0 Å². The van der Waals surface area contributed by atoms with Crippen LogP contribution in [0, 0.1) is 6.92 Å². The molecule has 0 saturated heterocycles. The first-order valence-corrected chi connectivity index (χ1v) is 12.4. The molecule has 0 fully saturated rings. The Morgan fingerprint density at radius 1 is 1.08 bits per heavy atom. The largest absolute Gasteiger partial charge is 0.494 e. The Hall–Kier alpha value is -4.24. The maximum Gasteiger partial charge on any atom is 0.252 e. The molecule has 3 aromatic heterocycles. The van der Waals surface area contributed by atoms with Crippen LogP contribution in [-0.4, -0.2) is 43.2 Å². The van der Waals surface area contributed by atoms with Crippen molar-refractivity contribution in [2.75, 3.05) is 13.2 Å². The van der Waals surface area contributed by atoms with Crippen molar-refractivity contribution in [3.8, 4) is 5.75 Å². The van der Waals surface area contributed by atoms with E-state index in [0.29, 0.717) is 37.6 Å². The number of ether oxygens (including phenoxy) is 1. The van der Waals surface area contributed by atoms with Crippen LogP contribution in [0.5, 0.6) is 5.75 Å². The molecule has 0 unspecified atom stereocenters. The number of hydrogen-bond acceptors (Lipinski definition) is 7. The summed E-state index contributed by atoms with van der Waals surface area (Å²) in [7, 11) is 0. The molecule has 190 valence electrons. The molecule has 5 aromatic rings. The molecule has 0 atom stereocenters. The number of benzene rings is 2. The summed E-state index contributed by atoms with van der Waals surface area (Å²) < 4.78 is 12.9. The SMILES string of the molecule is CCOc1ccc2[nH]c(=O)c(CN(CCc3cccc(C)c3)Cc3nnnn3Cc3ccco3)cc2c1. The maximum absolute atomic E-state index is 13.0. The highest BCUT2D eigenvalue weighted by Gasteiger charge is 2.16. The van der Waals surface area contributed by atoms with E-state index in [0.717, 1.165) is 35.4 Å². The van der Waals surface area contributed by atoms with Crippen LogP contribution in [-0.2, 0) is 26.1 Å². The number of aryl methyl sites for hydroxylation is 1. The summed E-state index contributed by atoms with van der Waals surface area (Å²) in [5.41, 5.74) is 3.82. The second-order valence-electron chi connectivity index (χ2n) is 9.09. The van der Waals surface area contributed by atoms with Gasteiger partial charge in [-0.1, -0.05) is 29.8 Å². The van der Waals surface area contributed by atoms with Gasteiger partial charge in [-0.05, 0) is 72.7 Å². The van der Waals surface area contributed by atoms with Crippen LogP contribution in [0.4, 0.5) is 0 Å². The fourth-order valence-corrected chi connectivity index (χ4v) is 4.42. The first kappa shape index (κ1) is 24.5. The second kappa shape index (κ2) is 11.2. The lowest BCUT2D eigenvalue weighted by Crippen LogP contribution is -2.30. The van der Waals surface area contributed by atoms with Crippen LogP contribution < -0.4 is 10.3 Å². The Bertz CT molecular complexity index is 1520.